The minimum Gasteiger partial charge on any atom is -0.473 e. The Bertz CT molecular complexity index is 541. The summed E-state index contributed by atoms with van der Waals surface area (Å²) in [5.74, 6) is 1.15. The van der Waals surface area contributed by atoms with Crippen LogP contribution in [-0.2, 0) is 9.53 Å². The largest absolute Gasteiger partial charge is 0.473 e. The maximum Gasteiger partial charge on any atom is 0.232 e. The summed E-state index contributed by atoms with van der Waals surface area (Å²) in [6, 6.07) is 0. The predicted molar refractivity (Wildman–Crippen MR) is 78.3 cm³/mol. The van der Waals surface area contributed by atoms with Gasteiger partial charge in [-0.2, -0.15) is 0 Å². The second-order valence-corrected chi connectivity index (χ2v) is 6.63. The average molecular weight is 303 g/mol. The van der Waals surface area contributed by atoms with E-state index in [1.165, 1.54) is 6.42 Å². The van der Waals surface area contributed by atoms with Crippen LogP contribution < -0.4 is 4.74 Å². The highest BCUT2D eigenvalue weighted by Gasteiger charge is 2.51. The molecule has 1 aromatic heterocycles. The molecule has 1 aromatic rings. The summed E-state index contributed by atoms with van der Waals surface area (Å²) in [5.41, 5.74) is -0.204. The van der Waals surface area contributed by atoms with Gasteiger partial charge in [-0.3, -0.25) is 9.78 Å². The van der Waals surface area contributed by atoms with E-state index in [1.54, 1.807) is 18.6 Å². The Balaban J connectivity index is 1.33. The van der Waals surface area contributed by atoms with Gasteiger partial charge in [-0.05, 0) is 12.8 Å². The van der Waals surface area contributed by atoms with Gasteiger partial charge in [0.1, 0.15) is 11.7 Å². The number of amides is 1. The highest BCUT2D eigenvalue weighted by molar-refractivity contribution is 5.80. The molecular weight excluding hydrogens is 282 g/mol. The van der Waals surface area contributed by atoms with E-state index in [4.69, 9.17) is 9.47 Å². The second-order valence-electron chi connectivity index (χ2n) is 6.63. The van der Waals surface area contributed by atoms with Crippen molar-refractivity contribution in [2.75, 3.05) is 19.7 Å². The number of nitrogens with zero attached hydrogens (tertiary/aromatic N) is 3. The molecule has 6 heteroatoms. The van der Waals surface area contributed by atoms with E-state index in [1.807, 2.05) is 4.90 Å². The molecule has 4 rings (SSSR count). The summed E-state index contributed by atoms with van der Waals surface area (Å²) in [6.07, 6.45) is 9.97. The number of ether oxygens (including phenoxy) is 2. The molecule has 6 nitrogen and oxygen atoms in total. The molecular formula is C16H21N3O3. The van der Waals surface area contributed by atoms with E-state index in [0.29, 0.717) is 31.5 Å². The van der Waals surface area contributed by atoms with Gasteiger partial charge in [-0.15, -0.1) is 0 Å². The van der Waals surface area contributed by atoms with Gasteiger partial charge < -0.3 is 14.4 Å². The topological polar surface area (TPSA) is 64.6 Å². The van der Waals surface area contributed by atoms with Gasteiger partial charge in [0.25, 0.3) is 0 Å². The SMILES string of the molecule is O=C(C1CCC1)N1CC2(C[C@H](Oc3cnccn3)CCO2)C1. The Morgan fingerprint density at radius 2 is 2.18 bits per heavy atom. The lowest BCUT2D eigenvalue weighted by Gasteiger charge is -2.54. The zero-order valence-electron chi connectivity index (χ0n) is 12.6. The second kappa shape index (κ2) is 5.50. The van der Waals surface area contributed by atoms with E-state index < -0.39 is 0 Å². The minimum atomic E-state index is -0.204. The molecule has 0 unspecified atom stereocenters. The first-order valence-corrected chi connectivity index (χ1v) is 8.10. The summed E-state index contributed by atoms with van der Waals surface area (Å²) in [4.78, 5) is 22.4. The van der Waals surface area contributed by atoms with Crippen LogP contribution in [0.1, 0.15) is 32.1 Å². The molecule has 2 aliphatic heterocycles. The quantitative estimate of drug-likeness (QED) is 0.845. The lowest BCUT2D eigenvalue weighted by Crippen LogP contribution is -2.68. The van der Waals surface area contributed by atoms with E-state index in [0.717, 1.165) is 25.7 Å². The van der Waals surface area contributed by atoms with Crippen molar-refractivity contribution >= 4 is 5.91 Å². The molecule has 0 bridgehead atoms. The summed E-state index contributed by atoms with van der Waals surface area (Å²) in [7, 11) is 0. The number of carbonyl (C=O) groups is 1. The van der Waals surface area contributed by atoms with Crippen LogP contribution in [0.25, 0.3) is 0 Å². The van der Waals surface area contributed by atoms with Gasteiger partial charge in [-0.1, -0.05) is 6.42 Å². The molecule has 2 saturated heterocycles. The summed E-state index contributed by atoms with van der Waals surface area (Å²) < 4.78 is 11.9. The molecule has 1 aliphatic carbocycles. The van der Waals surface area contributed by atoms with Gasteiger partial charge >= 0.3 is 0 Å². The number of rotatable bonds is 3. The Morgan fingerprint density at radius 3 is 2.86 bits per heavy atom. The Hall–Kier alpha value is -1.69. The molecule has 1 amide bonds. The maximum atomic E-state index is 12.2. The van der Waals surface area contributed by atoms with Crippen molar-refractivity contribution in [1.29, 1.82) is 0 Å². The Labute approximate surface area is 129 Å². The predicted octanol–water partition coefficient (Wildman–Crippen LogP) is 1.42. The monoisotopic (exact) mass is 303 g/mol. The zero-order valence-corrected chi connectivity index (χ0v) is 12.6. The molecule has 3 aliphatic rings. The third-order valence-electron chi connectivity index (χ3n) is 5.00. The van der Waals surface area contributed by atoms with Crippen LogP contribution in [0.2, 0.25) is 0 Å². The van der Waals surface area contributed by atoms with Gasteiger partial charge in [0.05, 0.1) is 25.9 Å². The molecule has 1 spiro atoms. The van der Waals surface area contributed by atoms with Crippen molar-refractivity contribution in [3.8, 4) is 5.88 Å². The van der Waals surface area contributed by atoms with Crippen molar-refractivity contribution in [1.82, 2.24) is 14.9 Å². The standard InChI is InChI=1S/C16H21N3O3/c20-15(12-2-1-3-12)19-10-16(11-19)8-13(4-7-21-16)22-14-9-17-5-6-18-14/h5-6,9,12-13H,1-4,7-8,10-11H2/t13-/m1/s1. The maximum absolute atomic E-state index is 12.2. The number of likely N-dealkylation sites (tertiary alicyclic amines) is 1. The van der Waals surface area contributed by atoms with E-state index in [2.05, 4.69) is 9.97 Å². The fourth-order valence-corrected chi connectivity index (χ4v) is 3.54. The van der Waals surface area contributed by atoms with Crippen LogP contribution in [-0.4, -0.2) is 52.2 Å². The zero-order chi connectivity index (χ0) is 15.0. The van der Waals surface area contributed by atoms with Gasteiger partial charge in [0, 0.05) is 31.2 Å². The molecule has 3 fully saturated rings. The summed E-state index contributed by atoms with van der Waals surface area (Å²) in [5, 5.41) is 0. The number of aromatic nitrogens is 2. The van der Waals surface area contributed by atoms with Crippen molar-refractivity contribution in [2.24, 2.45) is 5.92 Å². The lowest BCUT2D eigenvalue weighted by atomic mass is 9.80. The number of carbonyl (C=O) groups excluding carboxylic acids is 1. The average Bonchev–Trinajstić information content (AvgIpc) is 2.44. The normalized spacial score (nSPS) is 27.1. The van der Waals surface area contributed by atoms with Crippen LogP contribution in [0.5, 0.6) is 5.88 Å². The van der Waals surface area contributed by atoms with Crippen molar-refractivity contribution < 1.29 is 14.3 Å². The fourth-order valence-electron chi connectivity index (χ4n) is 3.54. The number of hydrogen-bond donors (Lipinski definition) is 0. The van der Waals surface area contributed by atoms with Crippen LogP contribution in [0, 0.1) is 5.92 Å². The molecule has 1 saturated carbocycles. The first-order chi connectivity index (χ1) is 10.7. The molecule has 0 radical (unpaired) electrons. The van der Waals surface area contributed by atoms with Crippen LogP contribution >= 0.6 is 0 Å². The molecule has 22 heavy (non-hydrogen) atoms. The lowest BCUT2D eigenvalue weighted by molar-refractivity contribution is -0.197. The van der Waals surface area contributed by atoms with E-state index in [9.17, 15) is 4.79 Å². The van der Waals surface area contributed by atoms with Crippen LogP contribution in [0.4, 0.5) is 0 Å². The summed E-state index contributed by atoms with van der Waals surface area (Å²) >= 11 is 0. The van der Waals surface area contributed by atoms with Crippen molar-refractivity contribution in [2.45, 2.75) is 43.8 Å². The Kier molecular flexibility index (Phi) is 3.48. The van der Waals surface area contributed by atoms with Crippen LogP contribution in [0.3, 0.4) is 0 Å². The van der Waals surface area contributed by atoms with Gasteiger partial charge in [0.15, 0.2) is 0 Å². The first-order valence-electron chi connectivity index (χ1n) is 8.10. The highest BCUT2D eigenvalue weighted by atomic mass is 16.5. The number of hydrogen-bond acceptors (Lipinski definition) is 5. The smallest absolute Gasteiger partial charge is 0.232 e. The van der Waals surface area contributed by atoms with Gasteiger partial charge in [0.2, 0.25) is 11.8 Å². The highest BCUT2D eigenvalue weighted by Crippen LogP contribution is 2.38. The first kappa shape index (κ1) is 13.9. The molecule has 0 N–H and O–H groups in total. The minimum absolute atomic E-state index is 0.0893. The summed E-state index contributed by atoms with van der Waals surface area (Å²) in [6.45, 7) is 2.10. The fraction of sp³-hybridized carbons (Fsp3) is 0.688. The molecule has 0 aromatic carbocycles. The Morgan fingerprint density at radius 1 is 1.32 bits per heavy atom. The molecule has 118 valence electrons. The van der Waals surface area contributed by atoms with E-state index in [-0.39, 0.29) is 17.6 Å². The van der Waals surface area contributed by atoms with Crippen molar-refractivity contribution in [3.05, 3.63) is 18.6 Å². The molecule has 3 heterocycles. The van der Waals surface area contributed by atoms with E-state index >= 15 is 0 Å². The van der Waals surface area contributed by atoms with Crippen LogP contribution in [0.15, 0.2) is 18.6 Å². The van der Waals surface area contributed by atoms with Gasteiger partial charge in [-0.25, -0.2) is 4.98 Å². The molecule has 1 atom stereocenters. The van der Waals surface area contributed by atoms with Crippen molar-refractivity contribution in [3.63, 3.8) is 0 Å². The third-order valence-corrected chi connectivity index (χ3v) is 5.00. The third kappa shape index (κ3) is 2.56.